The average Bonchev–Trinajstić information content (AvgIpc) is 2.95. The normalized spacial score (nSPS) is 17.7. The number of amides is 1. The smallest absolute Gasteiger partial charge is 0.261 e. The molecule has 0 unspecified atom stereocenters. The number of rotatable bonds is 5. The van der Waals surface area contributed by atoms with Gasteiger partial charge in [-0.05, 0) is 37.8 Å². The Hall–Kier alpha value is -2.93. The lowest BCUT2D eigenvalue weighted by molar-refractivity contribution is 0.0691. The number of nitrogens with zero attached hydrogens (tertiary/aromatic N) is 2. The predicted molar refractivity (Wildman–Crippen MR) is 128 cm³/mol. The third kappa shape index (κ3) is 3.86. The van der Waals surface area contributed by atoms with Crippen molar-refractivity contribution in [2.75, 3.05) is 21.3 Å². The second-order valence-electron chi connectivity index (χ2n) is 8.08. The molecule has 0 aromatic heterocycles. The molecule has 1 fully saturated rings. The average molecular weight is 453 g/mol. The molecule has 0 N–H and O–H groups in total. The first-order chi connectivity index (χ1) is 15.5. The van der Waals surface area contributed by atoms with Crippen LogP contribution < -0.4 is 14.2 Å². The molecule has 1 saturated carbocycles. The SMILES string of the molecule is COc1cc(C(=O)N2C(=S)C(c3ccccc3)=NC23CCCCCC3)cc(OC)c1OC. The van der Waals surface area contributed by atoms with Gasteiger partial charge >= 0.3 is 0 Å². The van der Waals surface area contributed by atoms with E-state index in [2.05, 4.69) is 0 Å². The van der Waals surface area contributed by atoms with E-state index in [1.54, 1.807) is 17.0 Å². The van der Waals surface area contributed by atoms with Crippen molar-refractivity contribution < 1.29 is 19.0 Å². The van der Waals surface area contributed by atoms with E-state index in [0.29, 0.717) is 33.5 Å². The number of hydrogen-bond acceptors (Lipinski definition) is 6. The number of carbonyl (C=O) groups excluding carboxylic acids is 1. The van der Waals surface area contributed by atoms with Crippen LogP contribution >= 0.6 is 12.2 Å². The molecular formula is C25H28N2O4S. The lowest BCUT2D eigenvalue weighted by atomic mass is 9.98. The van der Waals surface area contributed by atoms with Crippen molar-refractivity contribution in [2.45, 2.75) is 44.2 Å². The van der Waals surface area contributed by atoms with E-state index in [4.69, 9.17) is 31.4 Å². The van der Waals surface area contributed by atoms with Crippen LogP contribution in [0.1, 0.15) is 54.4 Å². The molecule has 168 valence electrons. The number of thiocarbonyl (C=S) groups is 1. The number of hydrogen-bond donors (Lipinski definition) is 0. The van der Waals surface area contributed by atoms with Crippen LogP contribution in [0.3, 0.4) is 0 Å². The van der Waals surface area contributed by atoms with Crippen LogP contribution in [0.2, 0.25) is 0 Å². The summed E-state index contributed by atoms with van der Waals surface area (Å²) in [4.78, 5) is 21.3. The van der Waals surface area contributed by atoms with Gasteiger partial charge in [-0.25, -0.2) is 0 Å². The molecule has 2 aromatic rings. The molecule has 32 heavy (non-hydrogen) atoms. The molecule has 1 heterocycles. The van der Waals surface area contributed by atoms with Gasteiger partial charge in [0.1, 0.15) is 16.4 Å². The first-order valence-electron chi connectivity index (χ1n) is 10.9. The van der Waals surface area contributed by atoms with Crippen molar-refractivity contribution in [3.8, 4) is 17.2 Å². The number of benzene rings is 2. The quantitative estimate of drug-likeness (QED) is 0.595. The first kappa shape index (κ1) is 22.3. The third-order valence-electron chi connectivity index (χ3n) is 6.21. The summed E-state index contributed by atoms with van der Waals surface area (Å²) in [5.41, 5.74) is 1.41. The third-order valence-corrected chi connectivity index (χ3v) is 6.58. The van der Waals surface area contributed by atoms with Crippen LogP contribution in [0.4, 0.5) is 0 Å². The Labute approximate surface area is 194 Å². The van der Waals surface area contributed by atoms with E-state index in [9.17, 15) is 4.79 Å². The van der Waals surface area contributed by atoms with Crippen molar-refractivity contribution in [2.24, 2.45) is 4.99 Å². The fourth-order valence-electron chi connectivity index (χ4n) is 4.63. The molecule has 4 rings (SSSR count). The van der Waals surface area contributed by atoms with Gasteiger partial charge in [0.05, 0.1) is 21.3 Å². The van der Waals surface area contributed by atoms with Crippen molar-refractivity contribution >= 4 is 28.8 Å². The highest BCUT2D eigenvalue weighted by atomic mass is 32.1. The van der Waals surface area contributed by atoms with Gasteiger partial charge in [-0.3, -0.25) is 14.7 Å². The van der Waals surface area contributed by atoms with Gasteiger partial charge in [-0.2, -0.15) is 0 Å². The second-order valence-corrected chi connectivity index (χ2v) is 8.47. The van der Waals surface area contributed by atoms with Gasteiger partial charge in [0.15, 0.2) is 11.5 Å². The van der Waals surface area contributed by atoms with Gasteiger partial charge < -0.3 is 14.2 Å². The summed E-state index contributed by atoms with van der Waals surface area (Å²) in [5, 5.41) is 0. The van der Waals surface area contributed by atoms with E-state index in [0.717, 1.165) is 44.1 Å². The fraction of sp³-hybridized carbons (Fsp3) is 0.400. The molecule has 1 aliphatic heterocycles. The maximum atomic E-state index is 14.0. The lowest BCUT2D eigenvalue weighted by Crippen LogP contribution is -2.49. The number of ether oxygens (including phenoxy) is 3. The van der Waals surface area contributed by atoms with Crippen molar-refractivity contribution in [3.63, 3.8) is 0 Å². The highest BCUT2D eigenvalue weighted by Gasteiger charge is 2.48. The second kappa shape index (κ2) is 9.28. The molecule has 1 amide bonds. The minimum atomic E-state index is -0.657. The van der Waals surface area contributed by atoms with Gasteiger partial charge in [-0.1, -0.05) is 55.4 Å². The topological polar surface area (TPSA) is 60.4 Å². The fourth-order valence-corrected chi connectivity index (χ4v) is 5.05. The van der Waals surface area contributed by atoms with E-state index in [1.165, 1.54) is 21.3 Å². The van der Waals surface area contributed by atoms with E-state index in [1.807, 2.05) is 30.3 Å². The number of aliphatic imine (C=N–C) groups is 1. The molecule has 2 aromatic carbocycles. The summed E-state index contributed by atoms with van der Waals surface area (Å²) in [6.07, 6.45) is 5.87. The molecule has 0 saturated heterocycles. The summed E-state index contributed by atoms with van der Waals surface area (Å²) in [6.45, 7) is 0. The van der Waals surface area contributed by atoms with E-state index < -0.39 is 5.66 Å². The maximum absolute atomic E-state index is 14.0. The molecule has 6 nitrogen and oxygen atoms in total. The van der Waals surface area contributed by atoms with Crippen LogP contribution in [-0.2, 0) is 0 Å². The Morgan fingerprint density at radius 2 is 1.53 bits per heavy atom. The zero-order valence-corrected chi connectivity index (χ0v) is 19.5. The van der Waals surface area contributed by atoms with Crippen LogP contribution in [0.15, 0.2) is 47.5 Å². The van der Waals surface area contributed by atoms with Crippen LogP contribution in [0, 0.1) is 0 Å². The highest BCUT2D eigenvalue weighted by Crippen LogP contribution is 2.42. The molecule has 0 bridgehead atoms. The molecule has 1 spiro atoms. The molecular weight excluding hydrogens is 424 g/mol. The Morgan fingerprint density at radius 3 is 2.06 bits per heavy atom. The minimum absolute atomic E-state index is 0.203. The van der Waals surface area contributed by atoms with Gasteiger partial charge in [-0.15, -0.1) is 0 Å². The van der Waals surface area contributed by atoms with Crippen molar-refractivity contribution in [1.82, 2.24) is 4.90 Å². The van der Waals surface area contributed by atoms with E-state index in [-0.39, 0.29) is 5.91 Å². The van der Waals surface area contributed by atoms with Crippen LogP contribution in [0.5, 0.6) is 17.2 Å². The van der Waals surface area contributed by atoms with Crippen molar-refractivity contribution in [1.29, 1.82) is 0 Å². The molecule has 0 atom stereocenters. The van der Waals surface area contributed by atoms with Gasteiger partial charge in [0, 0.05) is 11.1 Å². The Kier molecular flexibility index (Phi) is 6.46. The zero-order valence-electron chi connectivity index (χ0n) is 18.7. The van der Waals surface area contributed by atoms with Crippen LogP contribution in [0.25, 0.3) is 0 Å². The van der Waals surface area contributed by atoms with E-state index >= 15 is 0 Å². The van der Waals surface area contributed by atoms with Crippen LogP contribution in [-0.4, -0.2) is 48.5 Å². The lowest BCUT2D eigenvalue weighted by Gasteiger charge is -2.35. The predicted octanol–water partition coefficient (Wildman–Crippen LogP) is 5.04. The monoisotopic (exact) mass is 452 g/mol. The Morgan fingerprint density at radius 1 is 0.938 bits per heavy atom. The Balaban J connectivity index is 1.80. The summed E-state index contributed by atoms with van der Waals surface area (Å²) in [5.74, 6) is 1.10. The molecule has 7 heteroatoms. The number of methoxy groups -OCH3 is 3. The standard InChI is InChI=1S/C25H28N2O4S/c1-29-19-15-18(16-20(30-2)22(19)31-3)23(28)27-24(32)21(17-11-7-6-8-12-17)26-25(27)13-9-4-5-10-14-25/h6-8,11-12,15-16H,4-5,9-10,13-14H2,1-3H3. The maximum Gasteiger partial charge on any atom is 0.261 e. The van der Waals surface area contributed by atoms with Crippen molar-refractivity contribution in [3.05, 3.63) is 53.6 Å². The number of carbonyl (C=O) groups is 1. The highest BCUT2D eigenvalue weighted by molar-refractivity contribution is 7.82. The van der Waals surface area contributed by atoms with Gasteiger partial charge in [0.2, 0.25) is 5.75 Å². The first-order valence-corrected chi connectivity index (χ1v) is 11.3. The summed E-state index contributed by atoms with van der Waals surface area (Å²) in [6, 6.07) is 13.2. The minimum Gasteiger partial charge on any atom is -0.493 e. The summed E-state index contributed by atoms with van der Waals surface area (Å²) >= 11 is 5.88. The zero-order chi connectivity index (χ0) is 22.7. The Bertz CT molecular complexity index is 1020. The summed E-state index contributed by atoms with van der Waals surface area (Å²) in [7, 11) is 4.61. The molecule has 0 radical (unpaired) electrons. The van der Waals surface area contributed by atoms with Gasteiger partial charge in [0.25, 0.3) is 5.91 Å². The molecule has 1 aliphatic carbocycles. The largest absolute Gasteiger partial charge is 0.493 e. The summed E-state index contributed by atoms with van der Waals surface area (Å²) < 4.78 is 16.4. The molecule has 2 aliphatic rings.